The molecule has 3 nitrogen and oxygen atoms in total. The highest BCUT2D eigenvalue weighted by atomic mass is 16.3. The fourth-order valence-electron chi connectivity index (χ4n) is 3.48. The average Bonchev–Trinajstić information content (AvgIpc) is 2.28. The number of rotatable bonds is 2. The second-order valence-electron chi connectivity index (χ2n) is 5.47. The Hall–Kier alpha value is -0.570. The quantitative estimate of drug-likeness (QED) is 0.780. The topological polar surface area (TPSA) is 49.3 Å². The van der Waals surface area contributed by atoms with Crippen molar-refractivity contribution in [3.05, 3.63) is 0 Å². The number of hydrogen-bond donors (Lipinski definition) is 2. The first-order chi connectivity index (χ1) is 8.10. The predicted octanol–water partition coefficient (Wildman–Crippen LogP) is 2.48. The summed E-state index contributed by atoms with van der Waals surface area (Å²) in [5, 5.41) is 12.8. The van der Waals surface area contributed by atoms with Gasteiger partial charge in [-0.15, -0.1) is 0 Å². The minimum Gasteiger partial charge on any atom is -0.393 e. The highest BCUT2D eigenvalue weighted by Crippen LogP contribution is 2.48. The van der Waals surface area contributed by atoms with Gasteiger partial charge in [-0.05, 0) is 37.0 Å². The molecule has 2 bridgehead atoms. The van der Waals surface area contributed by atoms with Crippen molar-refractivity contribution in [2.45, 2.75) is 65.4 Å². The maximum absolute atomic E-state index is 11.0. The van der Waals surface area contributed by atoms with Gasteiger partial charge in [-0.25, -0.2) is 0 Å². The van der Waals surface area contributed by atoms with E-state index in [2.05, 4.69) is 5.32 Å². The predicted molar refractivity (Wildman–Crippen MR) is 69.7 cm³/mol. The van der Waals surface area contributed by atoms with Crippen LogP contribution >= 0.6 is 0 Å². The summed E-state index contributed by atoms with van der Waals surface area (Å²) in [5.74, 6) is 0.739. The SMILES string of the molecule is CC.CC(=O)NCC12CCCC(CC(O)C1)C2. The molecule has 0 aliphatic heterocycles. The lowest BCUT2D eigenvalue weighted by atomic mass is 9.61. The first kappa shape index (κ1) is 14.5. The van der Waals surface area contributed by atoms with Crippen molar-refractivity contribution in [3.8, 4) is 0 Å². The molecule has 2 fully saturated rings. The number of hydrogen-bond acceptors (Lipinski definition) is 2. The molecule has 3 heteroatoms. The molecular weight excluding hydrogens is 214 g/mol. The molecule has 17 heavy (non-hydrogen) atoms. The van der Waals surface area contributed by atoms with E-state index >= 15 is 0 Å². The van der Waals surface area contributed by atoms with Crippen LogP contribution in [0.15, 0.2) is 0 Å². The molecule has 0 spiro atoms. The third-order valence-electron chi connectivity index (χ3n) is 4.03. The molecule has 2 aliphatic carbocycles. The Bertz CT molecular complexity index is 251. The van der Waals surface area contributed by atoms with Gasteiger partial charge in [0.25, 0.3) is 0 Å². The van der Waals surface area contributed by atoms with Crippen LogP contribution in [0.2, 0.25) is 0 Å². The van der Waals surface area contributed by atoms with E-state index in [1.807, 2.05) is 13.8 Å². The van der Waals surface area contributed by atoms with Gasteiger partial charge in [0.15, 0.2) is 0 Å². The van der Waals surface area contributed by atoms with E-state index in [4.69, 9.17) is 0 Å². The van der Waals surface area contributed by atoms with E-state index in [1.165, 1.54) is 25.7 Å². The zero-order valence-corrected chi connectivity index (χ0v) is 11.5. The van der Waals surface area contributed by atoms with Gasteiger partial charge in [-0.3, -0.25) is 4.79 Å². The van der Waals surface area contributed by atoms with E-state index in [0.717, 1.165) is 19.4 Å². The molecule has 3 unspecified atom stereocenters. The Kier molecular flexibility index (Phi) is 5.44. The second-order valence-corrected chi connectivity index (χ2v) is 5.47. The number of nitrogens with one attached hydrogen (secondary N) is 1. The van der Waals surface area contributed by atoms with Gasteiger partial charge < -0.3 is 10.4 Å². The van der Waals surface area contributed by atoms with Gasteiger partial charge in [0.2, 0.25) is 5.91 Å². The van der Waals surface area contributed by atoms with E-state index in [-0.39, 0.29) is 17.4 Å². The van der Waals surface area contributed by atoms with Crippen LogP contribution in [-0.4, -0.2) is 23.7 Å². The van der Waals surface area contributed by atoms with Crippen LogP contribution in [0, 0.1) is 11.3 Å². The van der Waals surface area contributed by atoms with Crippen LogP contribution in [0.5, 0.6) is 0 Å². The van der Waals surface area contributed by atoms with E-state index in [0.29, 0.717) is 5.92 Å². The summed E-state index contributed by atoms with van der Waals surface area (Å²) in [7, 11) is 0. The van der Waals surface area contributed by atoms with Gasteiger partial charge in [0.05, 0.1) is 6.10 Å². The van der Waals surface area contributed by atoms with Crippen molar-refractivity contribution < 1.29 is 9.90 Å². The molecule has 2 saturated carbocycles. The summed E-state index contributed by atoms with van der Waals surface area (Å²) in [4.78, 5) is 11.0. The van der Waals surface area contributed by atoms with Crippen LogP contribution in [0.25, 0.3) is 0 Å². The summed E-state index contributed by atoms with van der Waals surface area (Å²) in [6, 6.07) is 0. The van der Waals surface area contributed by atoms with Crippen molar-refractivity contribution in [3.63, 3.8) is 0 Å². The van der Waals surface area contributed by atoms with Crippen molar-refractivity contribution in [1.82, 2.24) is 5.32 Å². The van der Waals surface area contributed by atoms with Crippen molar-refractivity contribution in [1.29, 1.82) is 0 Å². The molecular formula is C14H27NO2. The maximum Gasteiger partial charge on any atom is 0.216 e. The zero-order chi connectivity index (χ0) is 12.9. The molecule has 0 aromatic carbocycles. The summed E-state index contributed by atoms with van der Waals surface area (Å²) in [6.07, 6.45) is 6.60. The Morgan fingerprint density at radius 3 is 2.76 bits per heavy atom. The lowest BCUT2D eigenvalue weighted by molar-refractivity contribution is -0.120. The van der Waals surface area contributed by atoms with Crippen LogP contribution in [0.3, 0.4) is 0 Å². The first-order valence-electron chi connectivity index (χ1n) is 7.02. The third-order valence-corrected chi connectivity index (χ3v) is 4.03. The zero-order valence-electron chi connectivity index (χ0n) is 11.5. The van der Waals surface area contributed by atoms with Crippen molar-refractivity contribution >= 4 is 5.91 Å². The molecule has 0 radical (unpaired) electrons. The number of amides is 1. The molecule has 3 atom stereocenters. The maximum atomic E-state index is 11.0. The lowest BCUT2D eigenvalue weighted by Crippen LogP contribution is -2.46. The molecule has 2 N–H and O–H groups in total. The van der Waals surface area contributed by atoms with Gasteiger partial charge in [0.1, 0.15) is 0 Å². The highest BCUT2D eigenvalue weighted by Gasteiger charge is 2.42. The average molecular weight is 241 g/mol. The fourth-order valence-corrected chi connectivity index (χ4v) is 3.48. The number of aliphatic hydroxyl groups is 1. The molecule has 100 valence electrons. The third kappa shape index (κ3) is 3.98. The Morgan fingerprint density at radius 1 is 1.41 bits per heavy atom. The van der Waals surface area contributed by atoms with Crippen LogP contribution in [-0.2, 0) is 4.79 Å². The molecule has 0 heterocycles. The summed E-state index contributed by atoms with van der Waals surface area (Å²) in [5.41, 5.74) is 0.201. The monoisotopic (exact) mass is 241 g/mol. The second kappa shape index (κ2) is 6.39. The fraction of sp³-hybridized carbons (Fsp3) is 0.929. The van der Waals surface area contributed by atoms with Gasteiger partial charge in [0, 0.05) is 13.5 Å². The lowest BCUT2D eigenvalue weighted by Gasteiger charge is -2.47. The molecule has 0 aromatic rings. The summed E-state index contributed by atoms with van der Waals surface area (Å²) < 4.78 is 0. The molecule has 0 saturated heterocycles. The van der Waals surface area contributed by atoms with E-state index in [1.54, 1.807) is 6.92 Å². The summed E-state index contributed by atoms with van der Waals surface area (Å²) >= 11 is 0. The minimum absolute atomic E-state index is 0.0477. The van der Waals surface area contributed by atoms with Crippen LogP contribution in [0.4, 0.5) is 0 Å². The molecule has 2 aliphatic rings. The number of aliphatic hydroxyl groups excluding tert-OH is 1. The normalized spacial score (nSPS) is 35.5. The molecule has 1 amide bonds. The van der Waals surface area contributed by atoms with E-state index < -0.39 is 0 Å². The number of carbonyl (C=O) groups excluding carboxylic acids is 1. The Morgan fingerprint density at radius 2 is 2.12 bits per heavy atom. The number of carbonyl (C=O) groups is 1. The molecule has 0 aromatic heterocycles. The minimum atomic E-state index is -0.141. The molecule has 2 rings (SSSR count). The first-order valence-corrected chi connectivity index (χ1v) is 7.02. The van der Waals surface area contributed by atoms with Gasteiger partial charge in [-0.1, -0.05) is 26.7 Å². The van der Waals surface area contributed by atoms with Crippen LogP contribution in [0.1, 0.15) is 59.3 Å². The standard InChI is InChI=1S/C12H21NO2.C2H6/c1-9(14)13-8-12-4-2-3-10(6-12)5-11(15)7-12;1-2/h10-11,15H,2-8H2,1H3,(H,13,14);1-2H3. The van der Waals surface area contributed by atoms with Crippen molar-refractivity contribution in [2.24, 2.45) is 11.3 Å². The van der Waals surface area contributed by atoms with Gasteiger partial charge >= 0.3 is 0 Å². The highest BCUT2D eigenvalue weighted by molar-refractivity contribution is 5.72. The van der Waals surface area contributed by atoms with Crippen molar-refractivity contribution in [2.75, 3.05) is 6.54 Å². The van der Waals surface area contributed by atoms with Gasteiger partial charge in [-0.2, -0.15) is 0 Å². The van der Waals surface area contributed by atoms with Crippen LogP contribution < -0.4 is 5.32 Å². The smallest absolute Gasteiger partial charge is 0.216 e. The Labute approximate surface area is 105 Å². The largest absolute Gasteiger partial charge is 0.393 e. The Balaban J connectivity index is 0.000000686. The van der Waals surface area contributed by atoms with E-state index in [9.17, 15) is 9.90 Å². The summed E-state index contributed by atoms with van der Waals surface area (Å²) in [6.45, 7) is 6.33. The number of fused-ring (bicyclic) bond motifs is 2.